The number of hydrogen-bond donors (Lipinski definition) is 4. The average Bonchev–Trinajstić information content (AvgIpc) is 3.61. The summed E-state index contributed by atoms with van der Waals surface area (Å²) in [5.74, 6) is 0.442. The van der Waals surface area contributed by atoms with Crippen molar-refractivity contribution in [2.24, 2.45) is 0 Å². The molecule has 3 unspecified atom stereocenters. The predicted octanol–water partition coefficient (Wildman–Crippen LogP) is 4.28. The minimum absolute atomic E-state index is 0.116. The van der Waals surface area contributed by atoms with Crippen LogP contribution in [-0.4, -0.2) is 52.4 Å². The number of hydrogen-bond acceptors (Lipinski definition) is 8. The van der Waals surface area contributed by atoms with E-state index in [0.29, 0.717) is 29.7 Å². The first-order valence-corrected chi connectivity index (χ1v) is 12.5. The molecule has 3 atom stereocenters. The van der Waals surface area contributed by atoms with Crippen molar-refractivity contribution in [3.8, 4) is 0 Å². The predicted molar refractivity (Wildman–Crippen MR) is 129 cm³/mol. The van der Waals surface area contributed by atoms with Crippen LogP contribution >= 0.6 is 11.8 Å². The second kappa shape index (κ2) is 12.5. The summed E-state index contributed by atoms with van der Waals surface area (Å²) in [6.07, 6.45) is 2.68. The molecule has 2 saturated carbocycles. The first kappa shape index (κ1) is 26.4. The first-order chi connectivity index (χ1) is 16.3. The van der Waals surface area contributed by atoms with Crippen LogP contribution in [-0.2, 0) is 4.74 Å². The van der Waals surface area contributed by atoms with E-state index in [1.807, 2.05) is 0 Å². The van der Waals surface area contributed by atoms with E-state index in [0.717, 1.165) is 30.6 Å². The first-order valence-electron chi connectivity index (χ1n) is 11.5. The van der Waals surface area contributed by atoms with Gasteiger partial charge in [-0.05, 0) is 55.7 Å². The van der Waals surface area contributed by atoms with Gasteiger partial charge in [-0.1, -0.05) is 24.8 Å². The molecule has 2 fully saturated rings. The fourth-order valence-corrected chi connectivity index (χ4v) is 4.35. The zero-order valence-corrected chi connectivity index (χ0v) is 20.0. The quantitative estimate of drug-likeness (QED) is 0.298. The number of nitrogens with two attached hydrogens (primary N) is 2. The Bertz CT molecular complexity index is 951. The minimum atomic E-state index is -1.19. The molecule has 1 aromatic carbocycles. The average molecular weight is 500 g/mol. The van der Waals surface area contributed by atoms with Crippen molar-refractivity contribution < 1.29 is 23.0 Å². The maximum Gasteiger partial charge on any atom is 0.191 e. The molecule has 0 radical (unpaired) electrons. The molecule has 1 heterocycles. The lowest BCUT2D eigenvalue weighted by molar-refractivity contribution is -0.00370. The second-order valence-corrected chi connectivity index (χ2v) is 9.42. The van der Waals surface area contributed by atoms with Crippen LogP contribution in [0.3, 0.4) is 0 Å². The van der Waals surface area contributed by atoms with Crippen LogP contribution in [0.4, 0.5) is 30.5 Å². The van der Waals surface area contributed by atoms with Crippen LogP contribution in [0.5, 0.6) is 0 Å². The Morgan fingerprint density at radius 1 is 1.15 bits per heavy atom. The van der Waals surface area contributed by atoms with Gasteiger partial charge in [0.2, 0.25) is 0 Å². The molecule has 0 spiro atoms. The zero-order chi connectivity index (χ0) is 24.7. The fourth-order valence-electron chi connectivity index (χ4n) is 3.64. The Kier molecular flexibility index (Phi) is 9.66. The van der Waals surface area contributed by atoms with Crippen LogP contribution in [0, 0.1) is 11.6 Å². The largest absolute Gasteiger partial charge is 0.394 e. The van der Waals surface area contributed by atoms with Crippen molar-refractivity contribution in [3.05, 3.63) is 35.4 Å². The molecule has 188 valence electrons. The molecule has 2 aliphatic rings. The van der Waals surface area contributed by atoms with Gasteiger partial charge in [-0.25, -0.2) is 23.1 Å². The van der Waals surface area contributed by atoms with E-state index < -0.39 is 30.0 Å². The molecule has 0 saturated heterocycles. The van der Waals surface area contributed by atoms with Gasteiger partial charge < -0.3 is 26.6 Å². The molecule has 34 heavy (non-hydrogen) atoms. The molecular formula is C23H32F3N5O2S. The molecule has 4 rings (SSSR count). The van der Waals surface area contributed by atoms with Crippen molar-refractivity contribution in [2.75, 3.05) is 35.8 Å². The van der Waals surface area contributed by atoms with Gasteiger partial charge in [-0.3, -0.25) is 0 Å². The van der Waals surface area contributed by atoms with Gasteiger partial charge in [0.15, 0.2) is 28.4 Å². The van der Waals surface area contributed by atoms with Crippen molar-refractivity contribution in [3.63, 3.8) is 0 Å². The molecule has 0 aliphatic heterocycles. The van der Waals surface area contributed by atoms with Crippen molar-refractivity contribution >= 4 is 29.1 Å². The van der Waals surface area contributed by atoms with Gasteiger partial charge >= 0.3 is 0 Å². The minimum Gasteiger partial charge on any atom is -0.394 e. The Balaban J connectivity index is 0.000000243. The van der Waals surface area contributed by atoms with Gasteiger partial charge in [0.25, 0.3) is 0 Å². The second-order valence-electron chi connectivity index (χ2n) is 8.36. The number of nitrogens with one attached hydrogen (secondary N) is 1. The summed E-state index contributed by atoms with van der Waals surface area (Å²) in [6.45, 7) is 2.08. The lowest BCUT2D eigenvalue weighted by atomic mass is 10.1. The summed E-state index contributed by atoms with van der Waals surface area (Å²) >= 11 is 1.48. The number of anilines is 3. The van der Waals surface area contributed by atoms with Crippen LogP contribution in [0.2, 0.25) is 0 Å². The fraction of sp³-hybridized carbons (Fsp3) is 0.565. The van der Waals surface area contributed by atoms with E-state index in [2.05, 4.69) is 22.2 Å². The maximum atomic E-state index is 14.4. The lowest BCUT2D eigenvalue weighted by Crippen LogP contribution is -2.33. The van der Waals surface area contributed by atoms with E-state index in [4.69, 9.17) is 21.3 Å². The molecule has 6 N–H and O–H groups in total. The molecule has 0 bridgehead atoms. The third-order valence-electron chi connectivity index (χ3n) is 5.63. The molecule has 7 nitrogen and oxygen atoms in total. The number of aliphatic hydroxyl groups excluding tert-OH is 1. The standard InChI is InChI=1S/C14H24FN5O2S.C9H8F2/c1-2-7-23-14-19-12(17)11(16)13(20-14)18-8-3-4-9(10(8)15)22-6-5-21;10-8-4-3-7(5-9(8)11)6-1-2-6/h8-10,21H,2-7,16H2,1H3,(H3,17,18,19,20);3-6H,1-2H2. The number of rotatable bonds is 9. The van der Waals surface area contributed by atoms with Gasteiger partial charge in [-0.2, -0.15) is 0 Å². The van der Waals surface area contributed by atoms with E-state index >= 15 is 0 Å². The highest BCUT2D eigenvalue weighted by atomic mass is 32.2. The van der Waals surface area contributed by atoms with Gasteiger partial charge in [0.1, 0.15) is 11.9 Å². The normalized spacial score (nSPS) is 21.7. The third kappa shape index (κ3) is 7.13. The lowest BCUT2D eigenvalue weighted by Gasteiger charge is -2.20. The molecule has 2 aliphatic carbocycles. The van der Waals surface area contributed by atoms with Crippen LogP contribution in [0.25, 0.3) is 0 Å². The monoisotopic (exact) mass is 499 g/mol. The number of aliphatic hydroxyl groups is 1. The number of nitrogens with zero attached hydrogens (tertiary/aromatic N) is 2. The highest BCUT2D eigenvalue weighted by Crippen LogP contribution is 2.40. The van der Waals surface area contributed by atoms with Gasteiger partial charge in [0, 0.05) is 5.75 Å². The van der Waals surface area contributed by atoms with E-state index in [9.17, 15) is 13.2 Å². The summed E-state index contributed by atoms with van der Waals surface area (Å²) < 4.78 is 44.7. The van der Waals surface area contributed by atoms with Crippen molar-refractivity contribution in [1.82, 2.24) is 9.97 Å². The van der Waals surface area contributed by atoms with Crippen LogP contribution < -0.4 is 16.8 Å². The number of alkyl halides is 1. The Morgan fingerprint density at radius 3 is 2.56 bits per heavy atom. The van der Waals surface area contributed by atoms with Crippen LogP contribution in [0.1, 0.15) is 50.5 Å². The van der Waals surface area contributed by atoms with Gasteiger partial charge in [0.05, 0.1) is 25.4 Å². The molecule has 1 aromatic heterocycles. The number of aromatic nitrogens is 2. The summed E-state index contributed by atoms with van der Waals surface area (Å²) in [6, 6.07) is 3.71. The number of thioether (sulfide) groups is 1. The van der Waals surface area contributed by atoms with E-state index in [1.54, 1.807) is 6.07 Å². The van der Waals surface area contributed by atoms with E-state index in [1.165, 1.54) is 23.9 Å². The maximum absolute atomic E-state index is 14.4. The molecular weight excluding hydrogens is 467 g/mol. The van der Waals surface area contributed by atoms with Gasteiger partial charge in [-0.15, -0.1) is 0 Å². The Hall–Kier alpha value is -2.24. The third-order valence-corrected chi connectivity index (χ3v) is 6.68. The number of benzene rings is 1. The number of nitrogen functional groups attached to an aromatic ring is 2. The van der Waals surface area contributed by atoms with Crippen molar-refractivity contribution in [2.45, 2.75) is 68.4 Å². The smallest absolute Gasteiger partial charge is 0.191 e. The Morgan fingerprint density at radius 2 is 1.91 bits per heavy atom. The zero-order valence-electron chi connectivity index (χ0n) is 19.1. The topological polar surface area (TPSA) is 119 Å². The molecule has 11 heteroatoms. The summed E-state index contributed by atoms with van der Waals surface area (Å²) in [5.41, 5.74) is 12.9. The summed E-state index contributed by atoms with van der Waals surface area (Å²) in [5, 5.41) is 12.3. The SMILES string of the molecule is CCCSc1nc(N)c(N)c(NC2CCC(OCCO)C2F)n1.Fc1ccc(C2CC2)cc1F. The van der Waals surface area contributed by atoms with E-state index in [-0.39, 0.29) is 24.7 Å². The number of halogens is 3. The summed E-state index contributed by atoms with van der Waals surface area (Å²) in [7, 11) is 0. The molecule has 0 amide bonds. The number of ether oxygens (including phenoxy) is 1. The van der Waals surface area contributed by atoms with Crippen LogP contribution in [0.15, 0.2) is 23.4 Å². The molecule has 2 aromatic rings. The highest BCUT2D eigenvalue weighted by molar-refractivity contribution is 7.99. The highest BCUT2D eigenvalue weighted by Gasteiger charge is 2.37. The summed E-state index contributed by atoms with van der Waals surface area (Å²) in [4.78, 5) is 8.48. The van der Waals surface area contributed by atoms with Crippen molar-refractivity contribution in [1.29, 1.82) is 0 Å². The Labute approximate surface area is 201 Å².